The van der Waals surface area contributed by atoms with Crippen molar-refractivity contribution in [3.05, 3.63) is 17.7 Å². The Kier molecular flexibility index (Phi) is 4.10. The standard InChI is InChI=1S/C11H16N4O2/c1-11(2,3)17-10(16)13-5-4-8-7-14-9(6-12)15-8/h7H,4-5H2,1-3H3,(H,13,16)(H,14,15). The number of hydrogen-bond donors (Lipinski definition) is 2. The maximum atomic E-state index is 11.3. The molecule has 0 fully saturated rings. The number of nitrogens with one attached hydrogen (secondary N) is 2. The number of alkyl carbamates (subject to hydrolysis) is 1. The molecule has 2 N–H and O–H groups in total. The minimum Gasteiger partial charge on any atom is -0.444 e. The van der Waals surface area contributed by atoms with E-state index in [1.54, 1.807) is 27.0 Å². The number of ether oxygens (including phenoxy) is 1. The van der Waals surface area contributed by atoms with Crippen LogP contribution in [0.3, 0.4) is 0 Å². The minimum absolute atomic E-state index is 0.275. The second-order valence-electron chi connectivity index (χ2n) is 4.55. The van der Waals surface area contributed by atoms with Crippen LogP contribution in [-0.4, -0.2) is 28.2 Å². The number of carbonyl (C=O) groups excluding carboxylic acids is 1. The lowest BCUT2D eigenvalue weighted by atomic mass is 10.2. The number of nitriles is 1. The van der Waals surface area contributed by atoms with Crippen molar-refractivity contribution in [1.29, 1.82) is 5.26 Å². The molecule has 0 atom stereocenters. The summed E-state index contributed by atoms with van der Waals surface area (Å²) in [6, 6.07) is 1.90. The van der Waals surface area contributed by atoms with Gasteiger partial charge >= 0.3 is 6.09 Å². The van der Waals surface area contributed by atoms with Crippen molar-refractivity contribution in [2.24, 2.45) is 0 Å². The third kappa shape index (κ3) is 5.02. The van der Waals surface area contributed by atoms with Crippen molar-refractivity contribution < 1.29 is 9.53 Å². The van der Waals surface area contributed by atoms with Crippen molar-refractivity contribution in [3.63, 3.8) is 0 Å². The molecule has 1 amide bonds. The fourth-order valence-corrected chi connectivity index (χ4v) is 1.16. The smallest absolute Gasteiger partial charge is 0.407 e. The Morgan fingerprint density at radius 1 is 1.65 bits per heavy atom. The van der Waals surface area contributed by atoms with Crippen molar-refractivity contribution in [3.8, 4) is 6.07 Å². The molecule has 0 radical (unpaired) electrons. The van der Waals surface area contributed by atoms with Gasteiger partial charge in [0.15, 0.2) is 0 Å². The quantitative estimate of drug-likeness (QED) is 0.828. The van der Waals surface area contributed by atoms with E-state index >= 15 is 0 Å². The normalized spacial score (nSPS) is 10.7. The van der Waals surface area contributed by atoms with Gasteiger partial charge in [0.2, 0.25) is 5.82 Å². The Bertz CT molecular complexity index is 425. The molecule has 6 nitrogen and oxygen atoms in total. The summed E-state index contributed by atoms with van der Waals surface area (Å²) in [6.07, 6.45) is 1.71. The van der Waals surface area contributed by atoms with Gasteiger partial charge in [-0.3, -0.25) is 0 Å². The Labute approximate surface area is 100.0 Å². The molecule has 1 aromatic rings. The van der Waals surface area contributed by atoms with Crippen LogP contribution in [0.1, 0.15) is 32.3 Å². The SMILES string of the molecule is CC(C)(C)OC(=O)NCCc1cnc(C#N)[nH]1. The summed E-state index contributed by atoms with van der Waals surface area (Å²) in [7, 11) is 0. The van der Waals surface area contributed by atoms with Crippen LogP contribution >= 0.6 is 0 Å². The lowest BCUT2D eigenvalue weighted by molar-refractivity contribution is 0.0528. The molecule has 0 saturated carbocycles. The number of carbonyl (C=O) groups is 1. The van der Waals surface area contributed by atoms with Crippen LogP contribution in [0, 0.1) is 11.3 Å². The van der Waals surface area contributed by atoms with Gasteiger partial charge in [0.25, 0.3) is 0 Å². The van der Waals surface area contributed by atoms with Gasteiger partial charge in [-0.1, -0.05) is 0 Å². The molecule has 0 aliphatic rings. The van der Waals surface area contributed by atoms with Crippen LogP contribution in [0.4, 0.5) is 4.79 Å². The van der Waals surface area contributed by atoms with E-state index in [1.807, 2.05) is 6.07 Å². The van der Waals surface area contributed by atoms with E-state index in [-0.39, 0.29) is 5.82 Å². The third-order valence-electron chi connectivity index (χ3n) is 1.80. The van der Waals surface area contributed by atoms with Crippen LogP contribution in [0.15, 0.2) is 6.20 Å². The molecule has 1 heterocycles. The van der Waals surface area contributed by atoms with E-state index in [0.29, 0.717) is 13.0 Å². The van der Waals surface area contributed by atoms with E-state index in [9.17, 15) is 4.79 Å². The summed E-state index contributed by atoms with van der Waals surface area (Å²) in [4.78, 5) is 18.0. The van der Waals surface area contributed by atoms with Gasteiger partial charge in [-0.15, -0.1) is 0 Å². The van der Waals surface area contributed by atoms with E-state index in [2.05, 4.69) is 15.3 Å². The number of aromatic amines is 1. The number of aromatic nitrogens is 2. The molecule has 0 aliphatic heterocycles. The molecule has 0 aromatic carbocycles. The predicted molar refractivity (Wildman–Crippen MR) is 61.2 cm³/mol. The summed E-state index contributed by atoms with van der Waals surface area (Å²) in [6.45, 7) is 5.85. The van der Waals surface area contributed by atoms with E-state index in [4.69, 9.17) is 10.00 Å². The summed E-state index contributed by atoms with van der Waals surface area (Å²) in [5.74, 6) is 0.275. The first-order valence-corrected chi connectivity index (χ1v) is 5.31. The molecule has 0 bridgehead atoms. The Balaban J connectivity index is 2.29. The maximum Gasteiger partial charge on any atom is 0.407 e. The van der Waals surface area contributed by atoms with Gasteiger partial charge in [-0.05, 0) is 20.8 Å². The van der Waals surface area contributed by atoms with E-state index in [0.717, 1.165) is 5.69 Å². The number of nitrogens with zero attached hydrogens (tertiary/aromatic N) is 2. The fourth-order valence-electron chi connectivity index (χ4n) is 1.16. The molecular formula is C11H16N4O2. The zero-order valence-electron chi connectivity index (χ0n) is 10.2. The number of hydrogen-bond acceptors (Lipinski definition) is 4. The third-order valence-corrected chi connectivity index (χ3v) is 1.80. The number of rotatable bonds is 3. The molecule has 92 valence electrons. The van der Waals surface area contributed by atoms with E-state index < -0.39 is 11.7 Å². The maximum absolute atomic E-state index is 11.3. The lowest BCUT2D eigenvalue weighted by Crippen LogP contribution is -2.33. The zero-order chi connectivity index (χ0) is 12.9. The molecule has 6 heteroatoms. The molecule has 0 spiro atoms. The van der Waals surface area contributed by atoms with Crippen LogP contribution < -0.4 is 5.32 Å². The second kappa shape index (κ2) is 5.34. The van der Waals surface area contributed by atoms with Gasteiger partial charge in [0.05, 0.1) is 0 Å². The first kappa shape index (κ1) is 13.0. The Morgan fingerprint density at radius 3 is 2.88 bits per heavy atom. The Hall–Kier alpha value is -2.03. The summed E-state index contributed by atoms with van der Waals surface area (Å²) in [5.41, 5.74) is 0.309. The van der Waals surface area contributed by atoms with Gasteiger partial charge < -0.3 is 15.0 Å². The first-order valence-electron chi connectivity index (χ1n) is 5.31. The average molecular weight is 236 g/mol. The van der Waals surface area contributed by atoms with Crippen molar-refractivity contribution in [1.82, 2.24) is 15.3 Å². The number of H-pyrrole nitrogens is 1. The summed E-state index contributed by atoms with van der Waals surface area (Å²) in [5, 5.41) is 11.2. The molecular weight excluding hydrogens is 220 g/mol. The largest absolute Gasteiger partial charge is 0.444 e. The highest BCUT2D eigenvalue weighted by molar-refractivity contribution is 5.67. The molecule has 0 saturated heterocycles. The summed E-state index contributed by atoms with van der Waals surface area (Å²) < 4.78 is 5.07. The van der Waals surface area contributed by atoms with Crippen LogP contribution in [-0.2, 0) is 11.2 Å². The van der Waals surface area contributed by atoms with Crippen molar-refractivity contribution in [2.75, 3.05) is 6.54 Å². The predicted octanol–water partition coefficient (Wildman–Crippen LogP) is 1.35. The van der Waals surface area contributed by atoms with Crippen LogP contribution in [0.25, 0.3) is 0 Å². The number of imidazole rings is 1. The summed E-state index contributed by atoms with van der Waals surface area (Å²) >= 11 is 0. The van der Waals surface area contributed by atoms with Gasteiger partial charge in [0.1, 0.15) is 11.7 Å². The second-order valence-corrected chi connectivity index (χ2v) is 4.55. The highest BCUT2D eigenvalue weighted by Crippen LogP contribution is 2.06. The Morgan fingerprint density at radius 2 is 2.35 bits per heavy atom. The van der Waals surface area contributed by atoms with E-state index in [1.165, 1.54) is 0 Å². The highest BCUT2D eigenvalue weighted by Gasteiger charge is 2.15. The van der Waals surface area contributed by atoms with Gasteiger partial charge in [-0.2, -0.15) is 5.26 Å². The lowest BCUT2D eigenvalue weighted by Gasteiger charge is -2.19. The monoisotopic (exact) mass is 236 g/mol. The zero-order valence-corrected chi connectivity index (χ0v) is 10.2. The number of amides is 1. The topological polar surface area (TPSA) is 90.8 Å². The minimum atomic E-state index is -0.494. The highest BCUT2D eigenvalue weighted by atomic mass is 16.6. The molecule has 0 unspecified atom stereocenters. The van der Waals surface area contributed by atoms with Crippen molar-refractivity contribution in [2.45, 2.75) is 32.8 Å². The molecule has 1 rings (SSSR count). The average Bonchev–Trinajstić information content (AvgIpc) is 2.63. The fraction of sp³-hybridized carbons (Fsp3) is 0.545. The molecule has 1 aromatic heterocycles. The molecule has 17 heavy (non-hydrogen) atoms. The molecule has 0 aliphatic carbocycles. The van der Waals surface area contributed by atoms with Gasteiger partial charge in [-0.25, -0.2) is 9.78 Å². The van der Waals surface area contributed by atoms with Crippen molar-refractivity contribution >= 4 is 6.09 Å². The van der Waals surface area contributed by atoms with Gasteiger partial charge in [0, 0.05) is 24.9 Å². The van der Waals surface area contributed by atoms with Crippen LogP contribution in [0.2, 0.25) is 0 Å². The first-order chi connectivity index (χ1) is 7.90. The van der Waals surface area contributed by atoms with Crippen LogP contribution in [0.5, 0.6) is 0 Å².